The van der Waals surface area contributed by atoms with Gasteiger partial charge in [0, 0.05) is 43.7 Å². The molecule has 5 nitrogen and oxygen atoms in total. The highest BCUT2D eigenvalue weighted by Crippen LogP contribution is 2.26. The molecule has 1 aliphatic rings. The van der Waals surface area contributed by atoms with Crippen molar-refractivity contribution in [3.05, 3.63) is 11.9 Å². The van der Waals surface area contributed by atoms with Crippen molar-refractivity contribution in [2.75, 3.05) is 37.4 Å². The molecule has 2 heterocycles. The van der Waals surface area contributed by atoms with Crippen molar-refractivity contribution in [3.63, 3.8) is 0 Å². The van der Waals surface area contributed by atoms with Crippen molar-refractivity contribution in [1.82, 2.24) is 14.9 Å². The molecule has 21 heavy (non-hydrogen) atoms. The zero-order valence-electron chi connectivity index (χ0n) is 14.4. The van der Waals surface area contributed by atoms with Crippen LogP contribution in [0, 0.1) is 0 Å². The summed E-state index contributed by atoms with van der Waals surface area (Å²) < 4.78 is 0. The lowest BCUT2D eigenvalue weighted by molar-refractivity contribution is 0.169. The van der Waals surface area contributed by atoms with Crippen molar-refractivity contribution in [3.8, 4) is 0 Å². The van der Waals surface area contributed by atoms with Crippen LogP contribution in [-0.4, -0.2) is 54.1 Å². The van der Waals surface area contributed by atoms with E-state index in [1.807, 2.05) is 7.05 Å². The van der Waals surface area contributed by atoms with Crippen molar-refractivity contribution in [1.29, 1.82) is 0 Å². The minimum atomic E-state index is -0.0502. The Morgan fingerprint density at radius 2 is 1.71 bits per heavy atom. The molecule has 0 saturated carbocycles. The minimum Gasteiger partial charge on any atom is -0.373 e. The molecule has 1 N–H and O–H groups in total. The van der Waals surface area contributed by atoms with E-state index in [1.165, 1.54) is 0 Å². The first kappa shape index (κ1) is 16.0. The summed E-state index contributed by atoms with van der Waals surface area (Å²) in [6.07, 6.45) is 0. The van der Waals surface area contributed by atoms with Crippen LogP contribution in [0.25, 0.3) is 0 Å². The van der Waals surface area contributed by atoms with Crippen LogP contribution in [0.1, 0.15) is 40.4 Å². The lowest BCUT2D eigenvalue weighted by Crippen LogP contribution is -2.55. The molecule has 1 aliphatic heterocycles. The Kier molecular flexibility index (Phi) is 4.42. The molecule has 2 rings (SSSR count). The van der Waals surface area contributed by atoms with Gasteiger partial charge in [-0.3, -0.25) is 4.90 Å². The number of piperazine rings is 1. The predicted molar refractivity (Wildman–Crippen MR) is 89.2 cm³/mol. The van der Waals surface area contributed by atoms with Crippen molar-refractivity contribution in [2.45, 2.75) is 52.1 Å². The number of hydrogen-bond donors (Lipinski definition) is 1. The number of nitrogens with zero attached hydrogens (tertiary/aromatic N) is 4. The first-order valence-electron chi connectivity index (χ1n) is 7.76. The number of aromatic nitrogens is 2. The fraction of sp³-hybridized carbons (Fsp3) is 0.750. The molecule has 5 heteroatoms. The van der Waals surface area contributed by atoms with E-state index in [1.54, 1.807) is 0 Å². The summed E-state index contributed by atoms with van der Waals surface area (Å²) in [6, 6.07) is 3.11. The van der Waals surface area contributed by atoms with Crippen LogP contribution in [0.2, 0.25) is 0 Å². The molecule has 1 fully saturated rings. The van der Waals surface area contributed by atoms with Crippen LogP contribution in [0.15, 0.2) is 6.07 Å². The monoisotopic (exact) mass is 291 g/mol. The number of likely N-dealkylation sites (N-methyl/N-ethyl adjacent to an activating group) is 1. The normalized spacial score (nSPS) is 24.2. The third-order valence-corrected chi connectivity index (χ3v) is 4.32. The molecule has 1 aromatic rings. The van der Waals surface area contributed by atoms with Crippen molar-refractivity contribution in [2.24, 2.45) is 0 Å². The smallest absolute Gasteiger partial charge is 0.138 e. The summed E-state index contributed by atoms with van der Waals surface area (Å²) in [4.78, 5) is 14.3. The van der Waals surface area contributed by atoms with Gasteiger partial charge >= 0.3 is 0 Å². The first-order chi connectivity index (χ1) is 9.72. The molecule has 0 aliphatic carbocycles. The standard InChI is InChI=1S/C16H29N5/c1-11-9-21(10-12(2)20(11)7)14-8-13(17-6)18-15(19-14)16(3,4)5/h8,11-12H,9-10H2,1-7H3,(H,17,18,19). The number of rotatable bonds is 2. The van der Waals surface area contributed by atoms with Crippen LogP contribution in [0.3, 0.4) is 0 Å². The van der Waals surface area contributed by atoms with Crippen LogP contribution in [-0.2, 0) is 5.41 Å². The average molecular weight is 291 g/mol. The van der Waals surface area contributed by atoms with Gasteiger partial charge < -0.3 is 10.2 Å². The highest BCUT2D eigenvalue weighted by Gasteiger charge is 2.28. The molecular formula is C16H29N5. The number of hydrogen-bond acceptors (Lipinski definition) is 5. The lowest BCUT2D eigenvalue weighted by atomic mass is 9.95. The number of nitrogens with one attached hydrogen (secondary N) is 1. The summed E-state index contributed by atoms with van der Waals surface area (Å²) in [7, 11) is 4.11. The second kappa shape index (κ2) is 5.79. The van der Waals surface area contributed by atoms with Gasteiger partial charge in [-0.2, -0.15) is 0 Å². The van der Waals surface area contributed by atoms with E-state index < -0.39 is 0 Å². The van der Waals surface area contributed by atoms with Gasteiger partial charge in [-0.1, -0.05) is 20.8 Å². The highest BCUT2D eigenvalue weighted by atomic mass is 15.3. The van der Waals surface area contributed by atoms with Gasteiger partial charge in [-0.25, -0.2) is 9.97 Å². The average Bonchev–Trinajstić information content (AvgIpc) is 2.42. The molecular weight excluding hydrogens is 262 g/mol. The van der Waals surface area contributed by atoms with Crippen LogP contribution in [0.5, 0.6) is 0 Å². The van der Waals surface area contributed by atoms with Crippen molar-refractivity contribution >= 4 is 11.6 Å². The maximum atomic E-state index is 4.83. The van der Waals surface area contributed by atoms with Crippen molar-refractivity contribution < 1.29 is 0 Å². The molecule has 1 saturated heterocycles. The Bertz CT molecular complexity index is 482. The van der Waals surface area contributed by atoms with E-state index in [9.17, 15) is 0 Å². The van der Waals surface area contributed by atoms with Gasteiger partial charge in [0.25, 0.3) is 0 Å². The van der Waals surface area contributed by atoms with E-state index in [0.717, 1.165) is 30.5 Å². The lowest BCUT2D eigenvalue weighted by Gasteiger charge is -2.43. The van der Waals surface area contributed by atoms with E-state index in [-0.39, 0.29) is 5.41 Å². The molecule has 0 bridgehead atoms. The fourth-order valence-corrected chi connectivity index (χ4v) is 2.65. The second-order valence-corrected chi connectivity index (χ2v) is 7.20. The van der Waals surface area contributed by atoms with E-state index in [2.05, 4.69) is 67.8 Å². The summed E-state index contributed by atoms with van der Waals surface area (Å²) in [5, 5.41) is 3.16. The molecule has 0 aromatic carbocycles. The summed E-state index contributed by atoms with van der Waals surface area (Å²) >= 11 is 0. The Labute approximate surface area is 128 Å². The summed E-state index contributed by atoms with van der Waals surface area (Å²) in [5.41, 5.74) is -0.0502. The van der Waals surface area contributed by atoms with Gasteiger partial charge in [0.2, 0.25) is 0 Å². The van der Waals surface area contributed by atoms with Gasteiger partial charge in [0.1, 0.15) is 17.5 Å². The zero-order chi connectivity index (χ0) is 15.8. The Balaban J connectivity index is 2.35. The zero-order valence-corrected chi connectivity index (χ0v) is 14.4. The summed E-state index contributed by atoms with van der Waals surface area (Å²) in [5.74, 6) is 2.82. The maximum absolute atomic E-state index is 4.83. The molecule has 0 radical (unpaired) electrons. The van der Waals surface area contributed by atoms with E-state index in [0.29, 0.717) is 12.1 Å². The quantitative estimate of drug-likeness (QED) is 0.906. The van der Waals surface area contributed by atoms with Crippen LogP contribution < -0.4 is 10.2 Å². The topological polar surface area (TPSA) is 44.3 Å². The molecule has 2 unspecified atom stereocenters. The highest BCUT2D eigenvalue weighted by molar-refractivity contribution is 5.50. The molecule has 2 atom stereocenters. The first-order valence-corrected chi connectivity index (χ1v) is 7.76. The summed E-state index contributed by atoms with van der Waals surface area (Å²) in [6.45, 7) is 13.0. The maximum Gasteiger partial charge on any atom is 0.138 e. The van der Waals surface area contributed by atoms with Gasteiger partial charge in [0.05, 0.1) is 0 Å². The fourth-order valence-electron chi connectivity index (χ4n) is 2.65. The SMILES string of the molecule is CNc1cc(N2CC(C)N(C)C(C)C2)nc(C(C)(C)C)n1. The molecule has 0 spiro atoms. The van der Waals surface area contributed by atoms with Crippen LogP contribution >= 0.6 is 0 Å². The Morgan fingerprint density at radius 1 is 1.14 bits per heavy atom. The van der Waals surface area contributed by atoms with E-state index >= 15 is 0 Å². The Hall–Kier alpha value is -1.36. The van der Waals surface area contributed by atoms with Gasteiger partial charge in [-0.15, -0.1) is 0 Å². The predicted octanol–water partition coefficient (Wildman–Crippen LogP) is 2.34. The van der Waals surface area contributed by atoms with Crippen LogP contribution in [0.4, 0.5) is 11.6 Å². The molecule has 0 amide bonds. The van der Waals surface area contributed by atoms with Gasteiger partial charge in [-0.05, 0) is 20.9 Å². The number of anilines is 2. The molecule has 118 valence electrons. The Morgan fingerprint density at radius 3 is 2.19 bits per heavy atom. The largest absolute Gasteiger partial charge is 0.373 e. The van der Waals surface area contributed by atoms with E-state index in [4.69, 9.17) is 4.98 Å². The minimum absolute atomic E-state index is 0.0502. The molecule has 1 aromatic heterocycles. The third kappa shape index (κ3) is 3.46. The third-order valence-electron chi connectivity index (χ3n) is 4.32. The van der Waals surface area contributed by atoms with Gasteiger partial charge in [0.15, 0.2) is 0 Å². The second-order valence-electron chi connectivity index (χ2n) is 7.20.